The lowest BCUT2D eigenvalue weighted by Gasteiger charge is -2.09. The van der Waals surface area contributed by atoms with Crippen LogP contribution in [0.2, 0.25) is 0 Å². The van der Waals surface area contributed by atoms with Crippen molar-refractivity contribution in [3.8, 4) is 11.8 Å². The first-order valence-electron chi connectivity index (χ1n) is 6.22. The van der Waals surface area contributed by atoms with Crippen LogP contribution in [0.3, 0.4) is 0 Å². The summed E-state index contributed by atoms with van der Waals surface area (Å²) in [5.74, 6) is 5.29. The summed E-state index contributed by atoms with van der Waals surface area (Å²) in [6.07, 6.45) is 0. The van der Waals surface area contributed by atoms with E-state index in [0.29, 0.717) is 11.3 Å². The van der Waals surface area contributed by atoms with Crippen LogP contribution in [0, 0.1) is 25.7 Å². The van der Waals surface area contributed by atoms with Crippen LogP contribution in [0.15, 0.2) is 34.5 Å². The van der Waals surface area contributed by atoms with Crippen LogP contribution in [0.4, 0.5) is 5.69 Å². The minimum Gasteiger partial charge on any atom is -0.384 e. The Morgan fingerprint density at radius 2 is 2.00 bits per heavy atom. The lowest BCUT2D eigenvalue weighted by atomic mass is 10.1. The molecule has 0 aliphatic heterocycles. The molecular formula is C15H15NO3S2. The van der Waals surface area contributed by atoms with Crippen LogP contribution in [-0.4, -0.2) is 20.1 Å². The number of nitrogens with one attached hydrogen (secondary N) is 1. The molecule has 2 rings (SSSR count). The van der Waals surface area contributed by atoms with Crippen molar-refractivity contribution < 1.29 is 13.5 Å². The third-order valence-electron chi connectivity index (χ3n) is 2.70. The second kappa shape index (κ2) is 6.31. The summed E-state index contributed by atoms with van der Waals surface area (Å²) in [4.78, 5) is 0.930. The number of anilines is 1. The summed E-state index contributed by atoms with van der Waals surface area (Å²) < 4.78 is 27.5. The molecule has 0 saturated heterocycles. The average Bonchev–Trinajstić information content (AvgIpc) is 2.86. The van der Waals surface area contributed by atoms with E-state index in [9.17, 15) is 8.42 Å². The highest BCUT2D eigenvalue weighted by molar-refractivity contribution is 7.94. The molecule has 0 saturated carbocycles. The second-order valence-electron chi connectivity index (χ2n) is 4.48. The Morgan fingerprint density at radius 3 is 2.62 bits per heavy atom. The van der Waals surface area contributed by atoms with Crippen molar-refractivity contribution in [3.63, 3.8) is 0 Å². The Labute approximate surface area is 128 Å². The van der Waals surface area contributed by atoms with Gasteiger partial charge in [-0.2, -0.15) is 0 Å². The molecule has 0 aliphatic carbocycles. The molecule has 0 fully saturated rings. The number of hydrogen-bond acceptors (Lipinski definition) is 4. The van der Waals surface area contributed by atoms with Crippen LogP contribution in [0.1, 0.15) is 16.0 Å². The van der Waals surface area contributed by atoms with E-state index in [-0.39, 0.29) is 10.8 Å². The third-order valence-corrected chi connectivity index (χ3v) is 5.56. The average molecular weight is 321 g/mol. The van der Waals surface area contributed by atoms with Crippen LogP contribution < -0.4 is 4.72 Å². The molecule has 110 valence electrons. The van der Waals surface area contributed by atoms with E-state index in [1.807, 2.05) is 19.9 Å². The summed E-state index contributed by atoms with van der Waals surface area (Å²) in [5, 5.41) is 8.79. The zero-order valence-corrected chi connectivity index (χ0v) is 13.3. The maximum absolute atomic E-state index is 12.3. The molecule has 1 heterocycles. The third kappa shape index (κ3) is 3.85. The molecular weight excluding hydrogens is 306 g/mol. The van der Waals surface area contributed by atoms with E-state index >= 15 is 0 Å². The van der Waals surface area contributed by atoms with Gasteiger partial charge in [0.15, 0.2) is 0 Å². The summed E-state index contributed by atoms with van der Waals surface area (Å²) in [7, 11) is -3.61. The fourth-order valence-corrected chi connectivity index (χ4v) is 4.10. The molecule has 0 spiro atoms. The fourth-order valence-electron chi connectivity index (χ4n) is 1.74. The highest BCUT2D eigenvalue weighted by atomic mass is 32.2. The molecule has 0 radical (unpaired) electrons. The Morgan fingerprint density at radius 1 is 1.24 bits per heavy atom. The molecule has 0 amide bonds. The highest BCUT2D eigenvalue weighted by Gasteiger charge is 2.17. The van der Waals surface area contributed by atoms with E-state index in [1.54, 1.807) is 24.3 Å². The van der Waals surface area contributed by atoms with Gasteiger partial charge >= 0.3 is 0 Å². The molecule has 21 heavy (non-hydrogen) atoms. The van der Waals surface area contributed by atoms with Crippen LogP contribution in [0.25, 0.3) is 0 Å². The van der Waals surface area contributed by atoms with Crippen molar-refractivity contribution in [1.82, 2.24) is 0 Å². The number of aliphatic hydroxyl groups is 1. The molecule has 1 aromatic heterocycles. The van der Waals surface area contributed by atoms with Gasteiger partial charge in [0, 0.05) is 10.4 Å². The first-order valence-corrected chi connectivity index (χ1v) is 8.52. The van der Waals surface area contributed by atoms with Gasteiger partial charge in [-0.3, -0.25) is 4.72 Å². The number of benzene rings is 1. The second-order valence-corrected chi connectivity index (χ2v) is 7.68. The summed E-state index contributed by atoms with van der Waals surface area (Å²) in [6, 6.07) is 8.60. The van der Waals surface area contributed by atoms with Gasteiger partial charge < -0.3 is 5.11 Å². The molecule has 2 aromatic rings. The largest absolute Gasteiger partial charge is 0.384 e. The number of aryl methyl sites for hydroxylation is 2. The van der Waals surface area contributed by atoms with Gasteiger partial charge in [-0.1, -0.05) is 17.9 Å². The van der Waals surface area contributed by atoms with Crippen molar-refractivity contribution in [2.75, 3.05) is 11.3 Å². The predicted molar refractivity (Wildman–Crippen MR) is 85.0 cm³/mol. The van der Waals surface area contributed by atoms with E-state index in [4.69, 9.17) is 5.11 Å². The van der Waals surface area contributed by atoms with Gasteiger partial charge in [-0.15, -0.1) is 11.3 Å². The van der Waals surface area contributed by atoms with Crippen molar-refractivity contribution in [2.45, 2.75) is 18.1 Å². The van der Waals surface area contributed by atoms with Gasteiger partial charge in [0.1, 0.15) is 10.8 Å². The van der Waals surface area contributed by atoms with Crippen LogP contribution in [-0.2, 0) is 10.0 Å². The molecule has 0 aliphatic rings. The SMILES string of the molecule is Cc1ccc(NS(=O)(=O)c2ccc(C)s2)c(C#CCO)c1. The van der Waals surface area contributed by atoms with Gasteiger partial charge in [0.05, 0.1) is 5.69 Å². The van der Waals surface area contributed by atoms with Crippen LogP contribution >= 0.6 is 11.3 Å². The minimum absolute atomic E-state index is 0.265. The zero-order valence-electron chi connectivity index (χ0n) is 11.7. The Hall–Kier alpha value is -1.81. The standard InChI is InChI=1S/C15H15NO3S2/c1-11-5-7-14(13(10-11)4-3-9-17)16-21(18,19)15-8-6-12(2)20-15/h5-8,10,16-17H,9H2,1-2H3. The molecule has 0 bridgehead atoms. The number of rotatable bonds is 3. The van der Waals surface area contributed by atoms with Gasteiger partial charge in [0.25, 0.3) is 10.0 Å². The maximum Gasteiger partial charge on any atom is 0.271 e. The summed E-state index contributed by atoms with van der Waals surface area (Å²) >= 11 is 1.21. The number of thiophene rings is 1. The zero-order chi connectivity index (χ0) is 15.5. The smallest absolute Gasteiger partial charge is 0.271 e. The molecule has 2 N–H and O–H groups in total. The quantitative estimate of drug-likeness (QED) is 0.854. The van der Waals surface area contributed by atoms with Gasteiger partial charge in [0.2, 0.25) is 0 Å². The van der Waals surface area contributed by atoms with Gasteiger partial charge in [-0.05, 0) is 43.7 Å². The molecule has 4 nitrogen and oxygen atoms in total. The lowest BCUT2D eigenvalue weighted by molar-refractivity contribution is 0.350. The predicted octanol–water partition coefficient (Wildman–Crippen LogP) is 2.51. The highest BCUT2D eigenvalue weighted by Crippen LogP contribution is 2.25. The van der Waals surface area contributed by atoms with E-state index < -0.39 is 10.0 Å². The topological polar surface area (TPSA) is 66.4 Å². The first kappa shape index (κ1) is 15.6. The Balaban J connectivity index is 2.39. The molecule has 0 atom stereocenters. The lowest BCUT2D eigenvalue weighted by Crippen LogP contribution is -2.12. The maximum atomic E-state index is 12.3. The number of aliphatic hydroxyl groups excluding tert-OH is 1. The molecule has 1 aromatic carbocycles. The number of sulfonamides is 1. The normalized spacial score (nSPS) is 10.8. The Kier molecular flexibility index (Phi) is 4.68. The van der Waals surface area contributed by atoms with Crippen molar-refractivity contribution in [2.24, 2.45) is 0 Å². The Bertz CT molecular complexity index is 811. The van der Waals surface area contributed by atoms with E-state index in [1.165, 1.54) is 11.3 Å². The molecule has 0 unspecified atom stereocenters. The monoisotopic (exact) mass is 321 g/mol. The first-order chi connectivity index (χ1) is 9.92. The minimum atomic E-state index is -3.61. The van der Waals surface area contributed by atoms with Gasteiger partial charge in [-0.25, -0.2) is 8.42 Å². The summed E-state index contributed by atoms with van der Waals surface area (Å²) in [5.41, 5.74) is 1.92. The van der Waals surface area contributed by atoms with Crippen molar-refractivity contribution in [1.29, 1.82) is 0 Å². The van der Waals surface area contributed by atoms with Crippen molar-refractivity contribution >= 4 is 27.0 Å². The van der Waals surface area contributed by atoms with E-state index in [0.717, 1.165) is 10.4 Å². The molecule has 6 heteroatoms. The van der Waals surface area contributed by atoms with Crippen LogP contribution in [0.5, 0.6) is 0 Å². The fraction of sp³-hybridized carbons (Fsp3) is 0.200. The van der Waals surface area contributed by atoms with E-state index in [2.05, 4.69) is 16.6 Å². The number of hydrogen-bond donors (Lipinski definition) is 2. The summed E-state index contributed by atoms with van der Waals surface area (Å²) in [6.45, 7) is 3.48. The van der Waals surface area contributed by atoms with Crippen molar-refractivity contribution in [3.05, 3.63) is 46.3 Å².